The minimum absolute atomic E-state index is 0. The van der Waals surface area contributed by atoms with Crippen LogP contribution in [0.15, 0.2) is 72.8 Å². The maximum atomic E-state index is 12.8. The fourth-order valence-electron chi connectivity index (χ4n) is 6.88. The summed E-state index contributed by atoms with van der Waals surface area (Å²) in [5, 5.41) is 34.3. The van der Waals surface area contributed by atoms with Gasteiger partial charge in [0.15, 0.2) is 0 Å². The molecule has 294 valence electrons. The summed E-state index contributed by atoms with van der Waals surface area (Å²) in [5.41, 5.74) is 5.89. The number of carbonyl (C=O) groups is 2. The molecule has 0 aromatic heterocycles. The van der Waals surface area contributed by atoms with Gasteiger partial charge in [-0.2, -0.15) is 0 Å². The summed E-state index contributed by atoms with van der Waals surface area (Å²) in [6, 6.07) is 22.4. The smallest absolute Gasteiger partial charge is 0.545 e. The average Bonchev–Trinajstić information content (AvgIpc) is 3.45. The van der Waals surface area contributed by atoms with E-state index >= 15 is 0 Å². The molecular formula is C43H48Cs2O12. The molecule has 1 aliphatic carbocycles. The molecule has 0 heterocycles. The number of carboxylic acids is 2. The number of methoxy groups -OCH3 is 1. The Kier molecular flexibility index (Phi) is 23.2. The van der Waals surface area contributed by atoms with Gasteiger partial charge in [-0.3, -0.25) is 0 Å². The molecule has 0 fully saturated rings. The monoisotopic (exact) mass is 1020 g/mol. The van der Waals surface area contributed by atoms with Crippen LogP contribution < -0.4 is 153 Å². The first-order valence-corrected chi connectivity index (χ1v) is 18.3. The zero-order chi connectivity index (χ0) is 39.2. The number of fused-ring (bicyclic) bond motifs is 3. The topological polar surface area (TPSA) is 165 Å². The van der Waals surface area contributed by atoms with E-state index in [1.54, 1.807) is 31.4 Å². The molecule has 14 heteroatoms. The van der Waals surface area contributed by atoms with Crippen molar-refractivity contribution in [3.63, 3.8) is 0 Å². The molecule has 1 N–H and O–H groups in total. The summed E-state index contributed by atoms with van der Waals surface area (Å²) in [5.74, 6) is -2.67. The Hall–Kier alpha value is -0.556. The molecule has 0 bridgehead atoms. The third kappa shape index (κ3) is 13.2. The Balaban J connectivity index is 0.00000435. The predicted molar refractivity (Wildman–Crippen MR) is 199 cm³/mol. The number of hydrogen-bond acceptors (Lipinski definition) is 12. The van der Waals surface area contributed by atoms with Gasteiger partial charge in [0.2, 0.25) is 0 Å². The van der Waals surface area contributed by atoms with Crippen molar-refractivity contribution < 1.29 is 196 Å². The zero-order valence-electron chi connectivity index (χ0n) is 33.6. The Morgan fingerprint density at radius 2 is 1.05 bits per heavy atom. The van der Waals surface area contributed by atoms with Gasteiger partial charge in [-0.15, -0.1) is 0 Å². The summed E-state index contributed by atoms with van der Waals surface area (Å²) in [7, 11) is 1.60. The molecule has 0 atom stereocenters. The largest absolute Gasteiger partial charge is 1.00 e. The average molecular weight is 1020 g/mol. The van der Waals surface area contributed by atoms with Gasteiger partial charge < -0.3 is 58.1 Å². The third-order valence-corrected chi connectivity index (χ3v) is 9.37. The summed E-state index contributed by atoms with van der Waals surface area (Å²) < 4.78 is 38.3. The van der Waals surface area contributed by atoms with E-state index in [1.807, 2.05) is 50.2 Å². The molecule has 12 nitrogen and oxygen atoms in total. The minimum atomic E-state index is -1.42. The van der Waals surface area contributed by atoms with Gasteiger partial charge in [-0.1, -0.05) is 65.7 Å². The number of benzene rings is 4. The predicted octanol–water partition coefficient (Wildman–Crippen LogP) is -3.00. The van der Waals surface area contributed by atoms with Crippen molar-refractivity contribution in [1.82, 2.24) is 0 Å². The maximum absolute atomic E-state index is 12.8. The molecular weight excluding hydrogens is 974 g/mol. The second kappa shape index (κ2) is 26.0. The van der Waals surface area contributed by atoms with E-state index in [1.165, 1.54) is 0 Å². The van der Waals surface area contributed by atoms with Crippen molar-refractivity contribution >= 4 is 11.9 Å². The van der Waals surface area contributed by atoms with Gasteiger partial charge in [0.25, 0.3) is 0 Å². The number of aliphatic hydroxyl groups is 1. The molecule has 4 aromatic carbocycles. The quantitative estimate of drug-likeness (QED) is 0.0625. The molecule has 0 aliphatic heterocycles. The number of ether oxygens (including phenoxy) is 7. The number of aryl methyl sites for hydroxylation is 2. The molecule has 57 heavy (non-hydrogen) atoms. The van der Waals surface area contributed by atoms with E-state index < -0.39 is 17.4 Å². The van der Waals surface area contributed by atoms with Crippen molar-refractivity contribution in [1.29, 1.82) is 0 Å². The maximum Gasteiger partial charge on any atom is 1.00 e. The van der Waals surface area contributed by atoms with Crippen LogP contribution >= 0.6 is 0 Å². The van der Waals surface area contributed by atoms with E-state index in [0.717, 1.165) is 33.4 Å². The Bertz CT molecular complexity index is 1780. The summed E-state index contributed by atoms with van der Waals surface area (Å²) >= 11 is 0. The van der Waals surface area contributed by atoms with Gasteiger partial charge in [-0.25, -0.2) is 0 Å². The molecule has 0 unspecified atom stereocenters. The number of carbonyl (C=O) groups excluding carboxylic acids is 2. The van der Waals surface area contributed by atoms with Crippen LogP contribution in [0, 0.1) is 13.8 Å². The van der Waals surface area contributed by atoms with Gasteiger partial charge in [0.1, 0.15) is 12.4 Å². The number of hydrogen-bond donors (Lipinski definition) is 1. The Labute approximate surface area is 452 Å². The fraction of sp³-hybridized carbons (Fsp3) is 0.395. The van der Waals surface area contributed by atoms with Crippen LogP contribution in [-0.2, 0) is 40.4 Å². The van der Waals surface area contributed by atoms with Crippen molar-refractivity contribution in [2.24, 2.45) is 0 Å². The van der Waals surface area contributed by atoms with E-state index in [4.69, 9.17) is 38.3 Å². The van der Waals surface area contributed by atoms with Crippen molar-refractivity contribution in [3.05, 3.63) is 123 Å². The van der Waals surface area contributed by atoms with Crippen LogP contribution in [0.2, 0.25) is 0 Å². The van der Waals surface area contributed by atoms with Crippen LogP contribution in [0.1, 0.15) is 59.7 Å². The van der Waals surface area contributed by atoms with Crippen LogP contribution in [0.25, 0.3) is 11.1 Å². The molecule has 0 saturated heterocycles. The zero-order valence-corrected chi connectivity index (χ0v) is 46.1. The van der Waals surface area contributed by atoms with Gasteiger partial charge in [0, 0.05) is 18.2 Å². The molecule has 0 amide bonds. The van der Waals surface area contributed by atoms with Crippen LogP contribution in [-0.4, -0.2) is 103 Å². The Morgan fingerprint density at radius 3 is 1.58 bits per heavy atom. The third-order valence-electron chi connectivity index (χ3n) is 9.37. The minimum Gasteiger partial charge on any atom is -0.545 e. The van der Waals surface area contributed by atoms with E-state index in [2.05, 4.69) is 12.1 Å². The molecule has 0 spiro atoms. The van der Waals surface area contributed by atoms with E-state index in [-0.39, 0.29) is 201 Å². The molecule has 5 rings (SSSR count). The number of aliphatic hydroxyl groups excluding tert-OH is 1. The number of carboxylic acid groups (broad SMARTS) is 2. The molecule has 4 aromatic rings. The summed E-state index contributed by atoms with van der Waals surface area (Å²) in [6.45, 7) is 7.28. The Morgan fingerprint density at radius 1 is 0.579 bits per heavy atom. The number of aromatic carboxylic acids is 2. The second-order valence-electron chi connectivity index (χ2n) is 13.1. The SMILES string of the molecule is COCCOCCOCCOc1ccc(C2(c3ccc(COCCOCCOCCO)c(C(=O)[O-])c3)c3cc(C)ccc3-c3ccc(C)cc32)cc1C(=O)[O-].[Cs+].[Cs+]. The van der Waals surface area contributed by atoms with Gasteiger partial charge >= 0.3 is 138 Å². The molecule has 0 saturated carbocycles. The first-order valence-electron chi connectivity index (χ1n) is 18.3. The normalized spacial score (nSPS) is 12.3. The van der Waals surface area contributed by atoms with E-state index in [0.29, 0.717) is 56.3 Å². The first kappa shape index (κ1) is 50.8. The van der Waals surface area contributed by atoms with Gasteiger partial charge in [-0.05, 0) is 71.0 Å². The standard InChI is InChI=1S/C43H50O12.2Cs/c1-29-4-9-34-35-10-5-30(2)25-39(35)43(38(34)24-29,32-7-6-31(36(26-32)41(45)46)28-54-21-20-52-17-16-50-13-12-44)33-8-11-40(37(27-33)42(47)48)55-23-22-53-19-18-51-15-14-49-3;;/h4-11,24-27,44H,12-23,28H2,1-3H3,(H,45,46)(H,47,48);;/q;2*+1/p-2. The van der Waals surface area contributed by atoms with Crippen LogP contribution in [0.4, 0.5) is 0 Å². The summed E-state index contributed by atoms with van der Waals surface area (Å²) in [4.78, 5) is 25.5. The summed E-state index contributed by atoms with van der Waals surface area (Å²) in [6.07, 6.45) is 0. The van der Waals surface area contributed by atoms with Crippen LogP contribution in [0.3, 0.4) is 0 Å². The van der Waals surface area contributed by atoms with Crippen molar-refractivity contribution in [2.45, 2.75) is 25.9 Å². The molecule has 0 radical (unpaired) electrons. The van der Waals surface area contributed by atoms with Crippen molar-refractivity contribution in [2.75, 3.05) is 86.4 Å². The first-order chi connectivity index (χ1) is 26.7. The van der Waals surface area contributed by atoms with Gasteiger partial charge in [0.05, 0.1) is 96.6 Å². The van der Waals surface area contributed by atoms with Crippen LogP contribution in [0.5, 0.6) is 5.75 Å². The van der Waals surface area contributed by atoms with Crippen molar-refractivity contribution in [3.8, 4) is 16.9 Å². The fourth-order valence-corrected chi connectivity index (χ4v) is 6.88. The molecule has 1 aliphatic rings. The van der Waals surface area contributed by atoms with E-state index in [9.17, 15) is 19.8 Å². The second-order valence-corrected chi connectivity index (χ2v) is 13.1. The number of rotatable bonds is 24.